The van der Waals surface area contributed by atoms with Crippen molar-refractivity contribution in [3.63, 3.8) is 0 Å². The van der Waals surface area contributed by atoms with Gasteiger partial charge in [0, 0.05) is 5.56 Å². The van der Waals surface area contributed by atoms with E-state index in [0.29, 0.717) is 0 Å². The van der Waals surface area contributed by atoms with Gasteiger partial charge < -0.3 is 0 Å². The van der Waals surface area contributed by atoms with Crippen molar-refractivity contribution in [2.75, 3.05) is 0 Å². The molecule has 3 heteroatoms. The fourth-order valence-corrected chi connectivity index (χ4v) is 1.51. The number of benzene rings is 1. The number of halogens is 3. The number of allylic oxidation sites excluding steroid dienone is 1. The van der Waals surface area contributed by atoms with Crippen LogP contribution in [0.2, 0.25) is 0 Å². The third-order valence-corrected chi connectivity index (χ3v) is 2.38. The Balaban J connectivity index is 3.51. The van der Waals surface area contributed by atoms with Crippen LogP contribution in [0.3, 0.4) is 0 Å². The van der Waals surface area contributed by atoms with Gasteiger partial charge in [-0.1, -0.05) is 31.1 Å². The van der Waals surface area contributed by atoms with E-state index in [9.17, 15) is 13.2 Å². The molecule has 1 atom stereocenters. The van der Waals surface area contributed by atoms with Crippen LogP contribution >= 0.6 is 0 Å². The Morgan fingerprint density at radius 1 is 1.44 bits per heavy atom. The fraction of sp³-hybridized carbons (Fsp3) is 0.231. The molecule has 0 saturated carbocycles. The second-order valence-corrected chi connectivity index (χ2v) is 3.44. The molecule has 1 aromatic carbocycles. The number of rotatable bonds is 2. The smallest absolute Gasteiger partial charge is 0.166 e. The van der Waals surface area contributed by atoms with Crippen LogP contribution < -0.4 is 0 Å². The number of alkyl halides is 3. The van der Waals surface area contributed by atoms with E-state index in [-0.39, 0.29) is 17.0 Å². The lowest BCUT2D eigenvalue weighted by molar-refractivity contribution is -0.138. The number of terminal acetylenes is 1. The van der Waals surface area contributed by atoms with Crippen LogP contribution in [0, 0.1) is 12.3 Å². The van der Waals surface area contributed by atoms with Crippen molar-refractivity contribution in [1.82, 2.24) is 0 Å². The Hall–Kier alpha value is -1.69. The van der Waals surface area contributed by atoms with Gasteiger partial charge in [0.25, 0.3) is 0 Å². The third kappa shape index (κ3) is 2.27. The molecule has 1 aromatic rings. The second-order valence-electron chi connectivity index (χ2n) is 3.44. The molecule has 0 saturated heterocycles. The molecule has 0 N–H and O–H groups in total. The summed E-state index contributed by atoms with van der Waals surface area (Å²) in [6, 6.07) is 4.25. The van der Waals surface area contributed by atoms with Crippen molar-refractivity contribution >= 4 is 0 Å². The van der Waals surface area contributed by atoms with Gasteiger partial charge >= 0.3 is 6.18 Å². The summed E-state index contributed by atoms with van der Waals surface area (Å²) in [5, 5.41) is 0. The van der Waals surface area contributed by atoms with E-state index in [0.717, 1.165) is 0 Å². The van der Waals surface area contributed by atoms with Crippen molar-refractivity contribution < 1.29 is 13.2 Å². The highest BCUT2D eigenvalue weighted by Gasteiger charge is 2.36. The number of hydrogen-bond acceptors (Lipinski definition) is 0. The zero-order valence-electron chi connectivity index (χ0n) is 8.81. The van der Waals surface area contributed by atoms with E-state index in [1.807, 2.05) is 0 Å². The minimum absolute atomic E-state index is 0.126. The summed E-state index contributed by atoms with van der Waals surface area (Å²) >= 11 is 0. The van der Waals surface area contributed by atoms with E-state index < -0.39 is 11.7 Å². The quantitative estimate of drug-likeness (QED) is 0.526. The Labute approximate surface area is 92.8 Å². The molecular formula is C13H11F3. The molecule has 0 bridgehead atoms. The minimum Gasteiger partial charge on any atom is -0.166 e. The first-order chi connectivity index (χ1) is 7.41. The molecular weight excluding hydrogens is 213 g/mol. The maximum absolute atomic E-state index is 12.9. The highest BCUT2D eigenvalue weighted by atomic mass is 19.4. The molecule has 1 unspecified atom stereocenters. The average molecular weight is 224 g/mol. The summed E-state index contributed by atoms with van der Waals surface area (Å²) in [7, 11) is 0. The molecule has 1 rings (SSSR count). The first kappa shape index (κ1) is 12.4. The highest BCUT2D eigenvalue weighted by molar-refractivity contribution is 5.48. The lowest BCUT2D eigenvalue weighted by Crippen LogP contribution is -2.12. The van der Waals surface area contributed by atoms with Gasteiger partial charge in [0.1, 0.15) is 0 Å². The summed E-state index contributed by atoms with van der Waals surface area (Å²) < 4.78 is 38.6. The van der Waals surface area contributed by atoms with Crippen molar-refractivity contribution in [3.05, 3.63) is 47.5 Å². The lowest BCUT2D eigenvalue weighted by atomic mass is 9.92. The van der Waals surface area contributed by atoms with Crippen LogP contribution in [0.1, 0.15) is 29.5 Å². The molecule has 0 spiro atoms. The third-order valence-electron chi connectivity index (χ3n) is 2.38. The van der Waals surface area contributed by atoms with Gasteiger partial charge in [-0.25, -0.2) is 0 Å². The largest absolute Gasteiger partial charge is 0.417 e. The van der Waals surface area contributed by atoms with E-state index in [2.05, 4.69) is 12.5 Å². The average Bonchev–Trinajstić information content (AvgIpc) is 2.25. The van der Waals surface area contributed by atoms with Gasteiger partial charge in [-0.05, 0) is 17.5 Å². The van der Waals surface area contributed by atoms with Crippen molar-refractivity contribution in [2.45, 2.75) is 19.0 Å². The topological polar surface area (TPSA) is 0 Å². The zero-order valence-corrected chi connectivity index (χ0v) is 8.81. The Bertz CT molecular complexity index is 435. The molecule has 0 heterocycles. The van der Waals surface area contributed by atoms with Gasteiger partial charge in [0.05, 0.1) is 5.56 Å². The highest BCUT2D eigenvalue weighted by Crippen LogP contribution is 2.37. The van der Waals surface area contributed by atoms with Gasteiger partial charge in [-0.15, -0.1) is 13.0 Å². The summed E-state index contributed by atoms with van der Waals surface area (Å²) in [5.41, 5.74) is -0.693. The Morgan fingerprint density at radius 2 is 2.06 bits per heavy atom. The second kappa shape index (κ2) is 4.44. The van der Waals surface area contributed by atoms with E-state index in [4.69, 9.17) is 6.42 Å². The van der Waals surface area contributed by atoms with Crippen LogP contribution in [0.5, 0.6) is 0 Å². The van der Waals surface area contributed by atoms with Crippen LogP contribution in [0.25, 0.3) is 0 Å². The van der Waals surface area contributed by atoms with Crippen molar-refractivity contribution in [2.24, 2.45) is 0 Å². The molecule has 0 amide bonds. The molecule has 0 aliphatic heterocycles. The summed E-state index contributed by atoms with van der Waals surface area (Å²) in [5.74, 6) is 1.68. The standard InChI is InChI=1S/C13H11F3/c1-4-9(3)11-8-6-7-10(5-2)12(11)13(14,15)16/h2,4,6-9H,1H2,3H3. The maximum Gasteiger partial charge on any atom is 0.417 e. The van der Waals surface area contributed by atoms with Crippen molar-refractivity contribution in [3.8, 4) is 12.3 Å². The molecule has 0 nitrogen and oxygen atoms in total. The summed E-state index contributed by atoms with van der Waals surface area (Å²) in [4.78, 5) is 0. The molecule has 0 aliphatic carbocycles. The SMILES string of the molecule is C#Cc1cccc(C(C)C=C)c1C(F)(F)F. The van der Waals surface area contributed by atoms with Crippen molar-refractivity contribution in [1.29, 1.82) is 0 Å². The van der Waals surface area contributed by atoms with Gasteiger partial charge in [-0.3, -0.25) is 0 Å². The summed E-state index contributed by atoms with van der Waals surface area (Å²) in [6.07, 6.45) is 2.11. The maximum atomic E-state index is 12.9. The van der Waals surface area contributed by atoms with Gasteiger partial charge in [-0.2, -0.15) is 13.2 Å². The lowest BCUT2D eigenvalue weighted by Gasteiger charge is -2.17. The zero-order chi connectivity index (χ0) is 12.3. The number of hydrogen-bond donors (Lipinski definition) is 0. The molecule has 0 radical (unpaired) electrons. The molecule has 0 fully saturated rings. The first-order valence-corrected chi connectivity index (χ1v) is 4.71. The normalized spacial score (nSPS) is 12.9. The van der Waals surface area contributed by atoms with E-state index in [1.54, 1.807) is 6.92 Å². The molecule has 84 valence electrons. The molecule has 0 aliphatic rings. The molecule has 16 heavy (non-hydrogen) atoms. The summed E-state index contributed by atoms with van der Waals surface area (Å²) in [6.45, 7) is 5.15. The van der Waals surface area contributed by atoms with Crippen LogP contribution in [-0.4, -0.2) is 0 Å². The first-order valence-electron chi connectivity index (χ1n) is 4.71. The van der Waals surface area contributed by atoms with Crippen LogP contribution in [0.4, 0.5) is 13.2 Å². The monoisotopic (exact) mass is 224 g/mol. The predicted molar refractivity (Wildman–Crippen MR) is 58.0 cm³/mol. The van der Waals surface area contributed by atoms with Gasteiger partial charge in [0.15, 0.2) is 0 Å². The minimum atomic E-state index is -4.43. The fourth-order valence-electron chi connectivity index (χ4n) is 1.51. The van der Waals surface area contributed by atoms with Gasteiger partial charge in [0.2, 0.25) is 0 Å². The Morgan fingerprint density at radius 3 is 2.50 bits per heavy atom. The van der Waals surface area contributed by atoms with Crippen LogP contribution in [-0.2, 0) is 6.18 Å². The molecule has 0 aromatic heterocycles. The predicted octanol–water partition coefficient (Wildman–Crippen LogP) is 3.98. The Kier molecular flexibility index (Phi) is 3.44. The van der Waals surface area contributed by atoms with E-state index in [1.165, 1.54) is 24.3 Å². The van der Waals surface area contributed by atoms with Crippen LogP contribution in [0.15, 0.2) is 30.9 Å². The van der Waals surface area contributed by atoms with E-state index >= 15 is 0 Å².